The Hall–Kier alpha value is -1.35. The van der Waals surface area contributed by atoms with Gasteiger partial charge in [0, 0.05) is 5.57 Å². The summed E-state index contributed by atoms with van der Waals surface area (Å²) in [4.78, 5) is 11.2. The lowest BCUT2D eigenvalue weighted by molar-refractivity contribution is -0.135. The number of carbonyl (C=O) groups excluding carboxylic acids is 1. The molecule has 1 unspecified atom stereocenters. The third-order valence-corrected chi connectivity index (χ3v) is 1.83. The first-order valence-corrected chi connectivity index (χ1v) is 4.54. The van der Waals surface area contributed by atoms with E-state index < -0.39 is 6.10 Å². The zero-order valence-corrected chi connectivity index (χ0v) is 8.36. The van der Waals surface area contributed by atoms with Crippen molar-refractivity contribution in [1.29, 1.82) is 0 Å². The Morgan fingerprint density at radius 2 is 2.21 bits per heavy atom. The molecule has 0 fully saturated rings. The fourth-order valence-corrected chi connectivity index (χ4v) is 1.16. The van der Waals surface area contributed by atoms with Gasteiger partial charge in [-0.2, -0.15) is 0 Å². The predicted octanol–water partition coefficient (Wildman–Crippen LogP) is 1.35. The van der Waals surface area contributed by atoms with E-state index in [4.69, 9.17) is 9.84 Å². The largest absolute Gasteiger partial charge is 0.457 e. The van der Waals surface area contributed by atoms with Crippen LogP contribution in [-0.2, 0) is 9.53 Å². The number of ether oxygens (including phenoxy) is 1. The Morgan fingerprint density at radius 1 is 1.50 bits per heavy atom. The average Bonchev–Trinajstić information content (AvgIpc) is 2.46. The van der Waals surface area contributed by atoms with Crippen molar-refractivity contribution in [3.05, 3.63) is 35.5 Å². The first-order chi connectivity index (χ1) is 6.65. The molecule has 0 aromatic carbocycles. The first kappa shape index (κ1) is 10.7. The van der Waals surface area contributed by atoms with E-state index in [0.717, 1.165) is 5.57 Å². The molecule has 1 atom stereocenters. The molecule has 1 N–H and O–H groups in total. The topological polar surface area (TPSA) is 46.5 Å². The second-order valence-electron chi connectivity index (χ2n) is 3.11. The van der Waals surface area contributed by atoms with Crippen LogP contribution in [0.25, 0.3) is 0 Å². The fourth-order valence-electron chi connectivity index (χ4n) is 1.16. The summed E-state index contributed by atoms with van der Waals surface area (Å²) in [5.74, 6) is -0.298. The smallest absolute Gasteiger partial charge is 0.338 e. The lowest BCUT2D eigenvalue weighted by atomic mass is 10.1. The van der Waals surface area contributed by atoms with Crippen molar-refractivity contribution in [3.63, 3.8) is 0 Å². The second kappa shape index (κ2) is 4.77. The van der Waals surface area contributed by atoms with Crippen molar-refractivity contribution in [2.45, 2.75) is 20.0 Å². The van der Waals surface area contributed by atoms with Gasteiger partial charge in [0.25, 0.3) is 0 Å². The quantitative estimate of drug-likeness (QED) is 0.690. The van der Waals surface area contributed by atoms with Gasteiger partial charge in [-0.05, 0) is 13.8 Å². The highest BCUT2D eigenvalue weighted by molar-refractivity contribution is 5.95. The Labute approximate surface area is 83.4 Å². The molecular formula is C11H14O3. The van der Waals surface area contributed by atoms with Crippen LogP contribution >= 0.6 is 0 Å². The maximum absolute atomic E-state index is 11.2. The molecule has 76 valence electrons. The number of esters is 1. The van der Waals surface area contributed by atoms with Crippen molar-refractivity contribution in [1.82, 2.24) is 0 Å². The van der Waals surface area contributed by atoms with E-state index in [1.807, 2.05) is 6.92 Å². The van der Waals surface area contributed by atoms with E-state index in [0.29, 0.717) is 12.2 Å². The number of rotatable bonds is 3. The van der Waals surface area contributed by atoms with Crippen LogP contribution in [0.5, 0.6) is 0 Å². The van der Waals surface area contributed by atoms with Gasteiger partial charge in [0.2, 0.25) is 0 Å². The second-order valence-corrected chi connectivity index (χ2v) is 3.11. The van der Waals surface area contributed by atoms with E-state index in [-0.39, 0.29) is 5.97 Å². The Balaban J connectivity index is 2.88. The number of hydrogen-bond acceptors (Lipinski definition) is 3. The maximum atomic E-state index is 11.2. The van der Waals surface area contributed by atoms with Gasteiger partial charge < -0.3 is 9.84 Å². The van der Waals surface area contributed by atoms with Crippen LogP contribution in [-0.4, -0.2) is 23.8 Å². The Kier molecular flexibility index (Phi) is 3.65. The van der Waals surface area contributed by atoms with Crippen LogP contribution in [0.4, 0.5) is 0 Å². The fraction of sp³-hybridized carbons (Fsp3) is 0.364. The number of carbonyl (C=O) groups is 1. The van der Waals surface area contributed by atoms with Crippen molar-refractivity contribution in [2.75, 3.05) is 6.61 Å². The molecule has 3 nitrogen and oxygen atoms in total. The van der Waals surface area contributed by atoms with Crippen LogP contribution in [0.3, 0.4) is 0 Å². The van der Waals surface area contributed by atoms with E-state index in [2.05, 4.69) is 0 Å². The number of hydrogen-bond donors (Lipinski definition) is 1. The number of aliphatic hydroxyl groups excluding tert-OH is 1. The molecule has 1 aliphatic heterocycles. The first-order valence-electron chi connectivity index (χ1n) is 4.54. The monoisotopic (exact) mass is 194 g/mol. The number of allylic oxidation sites excluding steroid dienone is 1. The van der Waals surface area contributed by atoms with Crippen LogP contribution in [0.1, 0.15) is 13.8 Å². The molecule has 0 bridgehead atoms. The molecule has 0 radical (unpaired) electrons. The molecule has 0 aliphatic carbocycles. The van der Waals surface area contributed by atoms with Crippen molar-refractivity contribution in [3.8, 4) is 0 Å². The highest BCUT2D eigenvalue weighted by Gasteiger charge is 2.20. The molecule has 1 heterocycles. The van der Waals surface area contributed by atoms with Crippen LogP contribution in [0, 0.1) is 0 Å². The van der Waals surface area contributed by atoms with Crippen LogP contribution < -0.4 is 0 Å². The van der Waals surface area contributed by atoms with Gasteiger partial charge in [0.15, 0.2) is 0 Å². The van der Waals surface area contributed by atoms with Crippen molar-refractivity contribution in [2.24, 2.45) is 0 Å². The minimum atomic E-state index is -0.509. The van der Waals surface area contributed by atoms with Gasteiger partial charge in [0.05, 0.1) is 11.7 Å². The maximum Gasteiger partial charge on any atom is 0.338 e. The SMILES string of the molecule is C/C=C/C1=C(/C=C/C(C)O)COC1=O. The van der Waals surface area contributed by atoms with E-state index in [9.17, 15) is 4.79 Å². The summed E-state index contributed by atoms with van der Waals surface area (Å²) in [7, 11) is 0. The molecule has 1 rings (SSSR count). The molecule has 0 aromatic rings. The third kappa shape index (κ3) is 2.57. The Bertz CT molecular complexity index is 308. The number of aliphatic hydroxyl groups is 1. The normalized spacial score (nSPS) is 19.8. The predicted molar refractivity (Wildman–Crippen MR) is 53.6 cm³/mol. The highest BCUT2D eigenvalue weighted by Crippen LogP contribution is 2.18. The molecule has 0 saturated carbocycles. The third-order valence-electron chi connectivity index (χ3n) is 1.83. The zero-order valence-electron chi connectivity index (χ0n) is 8.36. The van der Waals surface area contributed by atoms with Gasteiger partial charge in [-0.25, -0.2) is 4.79 Å². The summed E-state index contributed by atoms with van der Waals surface area (Å²) in [6, 6.07) is 0. The minimum absolute atomic E-state index is 0.293. The van der Waals surface area contributed by atoms with Crippen molar-refractivity contribution < 1.29 is 14.6 Å². The molecule has 0 aromatic heterocycles. The van der Waals surface area contributed by atoms with E-state index in [1.165, 1.54) is 0 Å². The summed E-state index contributed by atoms with van der Waals surface area (Å²) in [6.45, 7) is 3.79. The molecule has 0 spiro atoms. The molecule has 14 heavy (non-hydrogen) atoms. The molecule has 0 saturated heterocycles. The molecule has 1 aliphatic rings. The summed E-state index contributed by atoms with van der Waals surface area (Å²) < 4.78 is 4.87. The van der Waals surface area contributed by atoms with Gasteiger partial charge >= 0.3 is 5.97 Å². The van der Waals surface area contributed by atoms with Gasteiger partial charge in [-0.15, -0.1) is 0 Å². The minimum Gasteiger partial charge on any atom is -0.457 e. The van der Waals surface area contributed by atoms with Crippen LogP contribution in [0.2, 0.25) is 0 Å². The van der Waals surface area contributed by atoms with Gasteiger partial charge in [-0.1, -0.05) is 24.3 Å². The lowest BCUT2D eigenvalue weighted by Crippen LogP contribution is -1.96. The van der Waals surface area contributed by atoms with Crippen molar-refractivity contribution >= 4 is 5.97 Å². The van der Waals surface area contributed by atoms with Crippen LogP contribution in [0.15, 0.2) is 35.5 Å². The highest BCUT2D eigenvalue weighted by atomic mass is 16.5. The lowest BCUT2D eigenvalue weighted by Gasteiger charge is -1.94. The van der Waals surface area contributed by atoms with Gasteiger partial charge in [-0.3, -0.25) is 0 Å². The average molecular weight is 194 g/mol. The zero-order chi connectivity index (χ0) is 10.6. The molecule has 3 heteroatoms. The molecular weight excluding hydrogens is 180 g/mol. The van der Waals surface area contributed by atoms with E-state index >= 15 is 0 Å². The summed E-state index contributed by atoms with van der Waals surface area (Å²) in [5.41, 5.74) is 1.39. The summed E-state index contributed by atoms with van der Waals surface area (Å²) in [6.07, 6.45) is 6.35. The standard InChI is InChI=1S/C11H14O3/c1-3-4-10-9(6-5-8(2)12)7-14-11(10)13/h3-6,8,12H,7H2,1-2H3/b4-3+,6-5+. The summed E-state index contributed by atoms with van der Waals surface area (Å²) >= 11 is 0. The van der Waals surface area contributed by atoms with E-state index in [1.54, 1.807) is 31.2 Å². The summed E-state index contributed by atoms with van der Waals surface area (Å²) in [5, 5.41) is 9.04. The number of cyclic esters (lactones) is 1. The molecule has 0 amide bonds. The Morgan fingerprint density at radius 3 is 2.79 bits per heavy atom. The van der Waals surface area contributed by atoms with Gasteiger partial charge in [0.1, 0.15) is 6.61 Å².